The predicted octanol–water partition coefficient (Wildman–Crippen LogP) is 4.27. The molecule has 0 amide bonds. The molecule has 0 aliphatic carbocycles. The van der Waals surface area contributed by atoms with Gasteiger partial charge in [-0.15, -0.1) is 11.6 Å². The van der Waals surface area contributed by atoms with Crippen molar-refractivity contribution in [2.24, 2.45) is 0 Å². The van der Waals surface area contributed by atoms with Crippen molar-refractivity contribution in [2.45, 2.75) is 18.8 Å². The predicted molar refractivity (Wildman–Crippen MR) is 77.3 cm³/mol. The topological polar surface area (TPSA) is 3.24 Å². The highest BCUT2D eigenvalue weighted by atomic mass is 35.5. The third-order valence-electron chi connectivity index (χ3n) is 2.62. The molecule has 0 aromatic heterocycles. The first-order valence-corrected chi connectivity index (χ1v) is 7.47. The summed E-state index contributed by atoms with van der Waals surface area (Å²) in [6, 6.07) is 6.47. The molecule has 1 aromatic rings. The van der Waals surface area contributed by atoms with Crippen LogP contribution in [0.15, 0.2) is 18.2 Å². The number of anilines is 1. The van der Waals surface area contributed by atoms with Gasteiger partial charge in [-0.2, -0.15) is 11.8 Å². The standard InChI is InChI=1S/C12H17Cl2NS/c1-9(8-16-3)15(2)12-5-4-10(7-13)6-11(12)14/h4-6,9H,7-8H2,1-3H3. The molecular formula is C12H17Cl2NS. The maximum absolute atomic E-state index is 6.24. The van der Waals surface area contributed by atoms with E-state index in [1.54, 1.807) is 0 Å². The Hall–Kier alpha value is -0.0500. The molecule has 4 heteroatoms. The lowest BCUT2D eigenvalue weighted by Gasteiger charge is -2.27. The van der Waals surface area contributed by atoms with Crippen LogP contribution in [0.4, 0.5) is 5.69 Å². The number of halogens is 2. The molecule has 0 aliphatic rings. The van der Waals surface area contributed by atoms with Gasteiger partial charge < -0.3 is 4.90 Å². The molecule has 0 N–H and O–H groups in total. The van der Waals surface area contributed by atoms with Gasteiger partial charge in [0.25, 0.3) is 0 Å². The Morgan fingerprint density at radius 2 is 2.12 bits per heavy atom. The van der Waals surface area contributed by atoms with E-state index < -0.39 is 0 Å². The molecule has 1 unspecified atom stereocenters. The van der Waals surface area contributed by atoms with E-state index in [2.05, 4.69) is 25.1 Å². The third-order valence-corrected chi connectivity index (χ3v) is 4.04. The fraction of sp³-hybridized carbons (Fsp3) is 0.500. The Labute approximate surface area is 112 Å². The minimum atomic E-state index is 0.467. The summed E-state index contributed by atoms with van der Waals surface area (Å²) in [5, 5.41) is 0.772. The van der Waals surface area contributed by atoms with Crippen LogP contribution in [0.5, 0.6) is 0 Å². The number of thioether (sulfide) groups is 1. The molecule has 0 spiro atoms. The fourth-order valence-corrected chi connectivity index (χ4v) is 2.72. The van der Waals surface area contributed by atoms with Crippen LogP contribution in [0.2, 0.25) is 5.02 Å². The summed E-state index contributed by atoms with van der Waals surface area (Å²) in [5.74, 6) is 1.59. The van der Waals surface area contributed by atoms with Crippen molar-refractivity contribution < 1.29 is 0 Å². The summed E-state index contributed by atoms with van der Waals surface area (Å²) < 4.78 is 0. The van der Waals surface area contributed by atoms with E-state index in [1.807, 2.05) is 30.0 Å². The van der Waals surface area contributed by atoms with Crippen LogP contribution in [0.25, 0.3) is 0 Å². The first-order valence-electron chi connectivity index (χ1n) is 5.16. The van der Waals surface area contributed by atoms with Crippen LogP contribution < -0.4 is 4.90 Å². The van der Waals surface area contributed by atoms with Gasteiger partial charge in [-0.05, 0) is 30.9 Å². The highest BCUT2D eigenvalue weighted by molar-refractivity contribution is 7.98. The van der Waals surface area contributed by atoms with Crippen molar-refractivity contribution in [3.63, 3.8) is 0 Å². The lowest BCUT2D eigenvalue weighted by Crippen LogP contribution is -2.30. The van der Waals surface area contributed by atoms with Crippen LogP contribution in [-0.4, -0.2) is 25.1 Å². The van der Waals surface area contributed by atoms with E-state index in [1.165, 1.54) is 0 Å². The maximum Gasteiger partial charge on any atom is 0.0642 e. The van der Waals surface area contributed by atoms with Crippen LogP contribution >= 0.6 is 35.0 Å². The van der Waals surface area contributed by atoms with E-state index >= 15 is 0 Å². The first kappa shape index (κ1) is 14.0. The van der Waals surface area contributed by atoms with Crippen molar-refractivity contribution in [1.82, 2.24) is 0 Å². The van der Waals surface area contributed by atoms with Crippen LogP contribution in [-0.2, 0) is 5.88 Å². The van der Waals surface area contributed by atoms with Gasteiger partial charge in [-0.1, -0.05) is 17.7 Å². The fourth-order valence-electron chi connectivity index (χ4n) is 1.51. The molecular weight excluding hydrogens is 261 g/mol. The van der Waals surface area contributed by atoms with Gasteiger partial charge in [0.2, 0.25) is 0 Å². The Balaban J connectivity index is 2.87. The normalized spacial score (nSPS) is 12.6. The number of alkyl halides is 1. The monoisotopic (exact) mass is 277 g/mol. The molecule has 0 heterocycles. The average Bonchev–Trinajstić information content (AvgIpc) is 2.28. The number of nitrogens with zero attached hydrogens (tertiary/aromatic N) is 1. The van der Waals surface area contributed by atoms with Crippen molar-refractivity contribution in [2.75, 3.05) is 24.0 Å². The highest BCUT2D eigenvalue weighted by Crippen LogP contribution is 2.28. The van der Waals surface area contributed by atoms with Gasteiger partial charge in [-0.3, -0.25) is 0 Å². The second-order valence-corrected chi connectivity index (χ2v) is 5.42. The Morgan fingerprint density at radius 1 is 1.44 bits per heavy atom. The van der Waals surface area contributed by atoms with E-state index in [0.717, 1.165) is 22.0 Å². The Morgan fingerprint density at radius 3 is 2.62 bits per heavy atom. The number of hydrogen-bond acceptors (Lipinski definition) is 2. The molecule has 0 saturated heterocycles. The average molecular weight is 278 g/mol. The minimum absolute atomic E-state index is 0.467. The van der Waals surface area contributed by atoms with Gasteiger partial charge in [0.1, 0.15) is 0 Å². The Bertz CT molecular complexity index is 344. The van der Waals surface area contributed by atoms with E-state index in [4.69, 9.17) is 23.2 Å². The second-order valence-electron chi connectivity index (χ2n) is 3.83. The first-order chi connectivity index (χ1) is 7.60. The molecule has 1 rings (SSSR count). The van der Waals surface area contributed by atoms with Gasteiger partial charge in [0.15, 0.2) is 0 Å². The van der Waals surface area contributed by atoms with E-state index in [9.17, 15) is 0 Å². The summed E-state index contributed by atoms with van der Waals surface area (Å²) >= 11 is 13.8. The lowest BCUT2D eigenvalue weighted by atomic mass is 10.2. The minimum Gasteiger partial charge on any atom is -0.370 e. The zero-order chi connectivity index (χ0) is 12.1. The van der Waals surface area contributed by atoms with Crippen molar-refractivity contribution in [3.05, 3.63) is 28.8 Å². The molecule has 0 bridgehead atoms. The summed E-state index contributed by atoms with van der Waals surface area (Å²) in [5.41, 5.74) is 2.12. The second kappa shape index (κ2) is 6.63. The number of hydrogen-bond donors (Lipinski definition) is 0. The molecule has 0 radical (unpaired) electrons. The van der Waals surface area contributed by atoms with Gasteiger partial charge in [0, 0.05) is 24.7 Å². The molecule has 16 heavy (non-hydrogen) atoms. The molecule has 0 saturated carbocycles. The van der Waals surface area contributed by atoms with Crippen LogP contribution in [0, 0.1) is 0 Å². The van der Waals surface area contributed by atoms with Gasteiger partial charge in [0.05, 0.1) is 10.7 Å². The largest absolute Gasteiger partial charge is 0.370 e. The summed E-state index contributed by atoms with van der Waals surface area (Å²) in [6.45, 7) is 2.20. The van der Waals surface area contributed by atoms with Gasteiger partial charge >= 0.3 is 0 Å². The molecule has 1 aromatic carbocycles. The maximum atomic E-state index is 6.24. The summed E-state index contributed by atoms with van der Waals surface area (Å²) in [7, 11) is 2.07. The van der Waals surface area contributed by atoms with E-state index in [0.29, 0.717) is 11.9 Å². The lowest BCUT2D eigenvalue weighted by molar-refractivity contribution is 0.765. The molecule has 1 nitrogen and oxygen atoms in total. The number of rotatable bonds is 5. The zero-order valence-corrected chi connectivity index (χ0v) is 12.2. The molecule has 0 aliphatic heterocycles. The van der Waals surface area contributed by atoms with Crippen molar-refractivity contribution in [1.29, 1.82) is 0 Å². The smallest absolute Gasteiger partial charge is 0.0642 e. The highest BCUT2D eigenvalue weighted by Gasteiger charge is 2.12. The zero-order valence-electron chi connectivity index (χ0n) is 9.84. The van der Waals surface area contributed by atoms with Crippen molar-refractivity contribution in [3.8, 4) is 0 Å². The number of benzene rings is 1. The molecule has 90 valence electrons. The molecule has 0 fully saturated rings. The van der Waals surface area contributed by atoms with E-state index in [-0.39, 0.29) is 0 Å². The van der Waals surface area contributed by atoms with Crippen LogP contribution in [0.1, 0.15) is 12.5 Å². The van der Waals surface area contributed by atoms with Gasteiger partial charge in [-0.25, -0.2) is 0 Å². The Kier molecular flexibility index (Phi) is 5.81. The van der Waals surface area contributed by atoms with Crippen LogP contribution in [0.3, 0.4) is 0 Å². The van der Waals surface area contributed by atoms with Crippen molar-refractivity contribution >= 4 is 40.7 Å². The SMILES string of the molecule is CSCC(C)N(C)c1ccc(CCl)cc1Cl. The quantitative estimate of drug-likeness (QED) is 0.740. The third kappa shape index (κ3) is 3.47. The summed E-state index contributed by atoms with van der Waals surface area (Å²) in [6.07, 6.45) is 2.11. The summed E-state index contributed by atoms with van der Waals surface area (Å²) in [4.78, 5) is 2.21. The molecule has 1 atom stereocenters.